The van der Waals surface area contributed by atoms with Gasteiger partial charge in [0.15, 0.2) is 0 Å². The standard InChI is InChI=1S/C16H30BrN3O/c1-7-12-15(17)14(20(9-3)19-12)10-13(18-8-2)16(21-6)11(4)5/h11,13,16,18H,7-10H2,1-6H3. The molecule has 21 heavy (non-hydrogen) atoms. The van der Waals surface area contributed by atoms with Gasteiger partial charge in [0.2, 0.25) is 0 Å². The number of methoxy groups -OCH3 is 1. The minimum atomic E-state index is 0.196. The summed E-state index contributed by atoms with van der Waals surface area (Å²) in [6.45, 7) is 12.7. The lowest BCUT2D eigenvalue weighted by atomic mass is 9.95. The molecular weight excluding hydrogens is 330 g/mol. The molecule has 0 aliphatic rings. The number of rotatable bonds is 9. The van der Waals surface area contributed by atoms with Crippen LogP contribution >= 0.6 is 15.9 Å². The highest BCUT2D eigenvalue weighted by atomic mass is 79.9. The second kappa shape index (κ2) is 8.91. The third-order valence-corrected chi connectivity index (χ3v) is 4.81. The van der Waals surface area contributed by atoms with Crippen LogP contribution in [0.25, 0.3) is 0 Å². The second-order valence-electron chi connectivity index (χ2n) is 5.69. The molecule has 0 aliphatic carbocycles. The first-order chi connectivity index (χ1) is 9.99. The van der Waals surface area contributed by atoms with Crippen LogP contribution in [0.2, 0.25) is 0 Å². The molecule has 4 nitrogen and oxygen atoms in total. The van der Waals surface area contributed by atoms with E-state index in [4.69, 9.17) is 9.84 Å². The molecule has 0 aromatic carbocycles. The summed E-state index contributed by atoms with van der Waals surface area (Å²) in [6.07, 6.45) is 2.07. The number of likely N-dealkylation sites (N-methyl/N-ethyl adjacent to an activating group) is 1. The summed E-state index contributed by atoms with van der Waals surface area (Å²) < 4.78 is 9.01. The third kappa shape index (κ3) is 4.54. The lowest BCUT2D eigenvalue weighted by molar-refractivity contribution is 0.0331. The number of ether oxygens (including phenoxy) is 1. The van der Waals surface area contributed by atoms with Crippen LogP contribution in [0, 0.1) is 5.92 Å². The van der Waals surface area contributed by atoms with Crippen LogP contribution in [0.1, 0.15) is 46.0 Å². The highest BCUT2D eigenvalue weighted by Gasteiger charge is 2.27. The fourth-order valence-electron chi connectivity index (χ4n) is 2.89. The molecule has 0 amide bonds. The topological polar surface area (TPSA) is 39.1 Å². The molecule has 122 valence electrons. The summed E-state index contributed by atoms with van der Waals surface area (Å²) >= 11 is 3.74. The maximum atomic E-state index is 5.74. The van der Waals surface area contributed by atoms with Crippen molar-refractivity contribution in [2.24, 2.45) is 5.92 Å². The van der Waals surface area contributed by atoms with E-state index in [1.165, 1.54) is 5.69 Å². The molecule has 1 N–H and O–H groups in total. The number of nitrogens with zero attached hydrogens (tertiary/aromatic N) is 2. The first-order valence-corrected chi connectivity index (χ1v) is 8.79. The molecule has 0 saturated carbocycles. The van der Waals surface area contributed by atoms with E-state index in [-0.39, 0.29) is 6.10 Å². The predicted octanol–water partition coefficient (Wildman–Crippen LogP) is 3.42. The van der Waals surface area contributed by atoms with E-state index in [1.807, 2.05) is 0 Å². The minimum Gasteiger partial charge on any atom is -0.380 e. The second-order valence-corrected chi connectivity index (χ2v) is 6.48. The van der Waals surface area contributed by atoms with Gasteiger partial charge in [-0.15, -0.1) is 0 Å². The summed E-state index contributed by atoms with van der Waals surface area (Å²) in [7, 11) is 1.80. The van der Waals surface area contributed by atoms with Crippen molar-refractivity contribution in [2.75, 3.05) is 13.7 Å². The van der Waals surface area contributed by atoms with Gasteiger partial charge < -0.3 is 10.1 Å². The van der Waals surface area contributed by atoms with Crippen LogP contribution < -0.4 is 5.32 Å². The number of hydrogen-bond acceptors (Lipinski definition) is 3. The molecule has 1 aromatic rings. The molecule has 1 heterocycles. The molecule has 0 radical (unpaired) electrons. The van der Waals surface area contributed by atoms with E-state index < -0.39 is 0 Å². The van der Waals surface area contributed by atoms with Gasteiger partial charge in [-0.3, -0.25) is 4.68 Å². The molecule has 0 saturated heterocycles. The highest BCUT2D eigenvalue weighted by Crippen LogP contribution is 2.25. The van der Waals surface area contributed by atoms with E-state index in [2.05, 4.69) is 60.5 Å². The number of halogens is 1. The van der Waals surface area contributed by atoms with E-state index >= 15 is 0 Å². The fraction of sp³-hybridized carbons (Fsp3) is 0.812. The van der Waals surface area contributed by atoms with Gasteiger partial charge in [0, 0.05) is 26.1 Å². The summed E-state index contributed by atoms with van der Waals surface area (Å²) in [5.74, 6) is 0.474. The molecule has 2 unspecified atom stereocenters. The van der Waals surface area contributed by atoms with E-state index in [1.54, 1.807) is 7.11 Å². The quantitative estimate of drug-likeness (QED) is 0.734. The van der Waals surface area contributed by atoms with Crippen LogP contribution in [0.4, 0.5) is 0 Å². The Hall–Kier alpha value is -0.390. The minimum absolute atomic E-state index is 0.196. The van der Waals surface area contributed by atoms with Crippen molar-refractivity contribution in [2.45, 2.75) is 66.2 Å². The lowest BCUT2D eigenvalue weighted by Gasteiger charge is -2.30. The maximum Gasteiger partial charge on any atom is 0.0766 e. The van der Waals surface area contributed by atoms with Gasteiger partial charge in [0.05, 0.1) is 22.0 Å². The highest BCUT2D eigenvalue weighted by molar-refractivity contribution is 9.10. The van der Waals surface area contributed by atoms with Gasteiger partial charge in [0.1, 0.15) is 0 Å². The Morgan fingerprint density at radius 3 is 2.38 bits per heavy atom. The molecule has 5 heteroatoms. The summed E-state index contributed by atoms with van der Waals surface area (Å²) in [5, 5.41) is 8.27. The van der Waals surface area contributed by atoms with Crippen molar-refractivity contribution in [3.8, 4) is 0 Å². The first-order valence-electron chi connectivity index (χ1n) is 8.00. The number of hydrogen-bond donors (Lipinski definition) is 1. The largest absolute Gasteiger partial charge is 0.380 e. The van der Waals surface area contributed by atoms with E-state index in [0.29, 0.717) is 12.0 Å². The number of aryl methyl sites for hydroxylation is 2. The van der Waals surface area contributed by atoms with Crippen LogP contribution in [0.5, 0.6) is 0 Å². The SMILES string of the molecule is CCNC(Cc1c(Br)c(CC)nn1CC)C(OC)C(C)C. The molecule has 0 fully saturated rings. The van der Waals surface area contributed by atoms with E-state index in [0.717, 1.165) is 36.1 Å². The molecular formula is C16H30BrN3O. The lowest BCUT2D eigenvalue weighted by Crippen LogP contribution is -2.45. The Morgan fingerprint density at radius 2 is 1.95 bits per heavy atom. The zero-order valence-corrected chi connectivity index (χ0v) is 15.8. The summed E-state index contributed by atoms with van der Waals surface area (Å²) in [6, 6.07) is 0.294. The zero-order valence-electron chi connectivity index (χ0n) is 14.2. The van der Waals surface area contributed by atoms with Crippen LogP contribution in [-0.4, -0.2) is 35.6 Å². The van der Waals surface area contributed by atoms with E-state index in [9.17, 15) is 0 Å². The van der Waals surface area contributed by atoms with Gasteiger partial charge in [-0.25, -0.2) is 0 Å². The smallest absolute Gasteiger partial charge is 0.0766 e. The maximum absolute atomic E-state index is 5.74. The zero-order chi connectivity index (χ0) is 16.0. The molecule has 2 atom stereocenters. The van der Waals surface area contributed by atoms with Gasteiger partial charge in [0.25, 0.3) is 0 Å². The van der Waals surface area contributed by atoms with Crippen molar-refractivity contribution in [1.29, 1.82) is 0 Å². The van der Waals surface area contributed by atoms with Crippen LogP contribution in [0.3, 0.4) is 0 Å². The van der Waals surface area contributed by atoms with Gasteiger partial charge >= 0.3 is 0 Å². The molecule has 0 bridgehead atoms. The predicted molar refractivity (Wildman–Crippen MR) is 91.8 cm³/mol. The monoisotopic (exact) mass is 359 g/mol. The fourth-order valence-corrected chi connectivity index (χ4v) is 3.61. The Morgan fingerprint density at radius 1 is 1.29 bits per heavy atom. The van der Waals surface area contributed by atoms with Crippen molar-refractivity contribution < 1.29 is 4.74 Å². The molecule has 0 aliphatic heterocycles. The summed E-state index contributed by atoms with van der Waals surface area (Å²) in [4.78, 5) is 0. The molecule has 1 rings (SSSR count). The Bertz CT molecular complexity index is 431. The summed E-state index contributed by atoms with van der Waals surface area (Å²) in [5.41, 5.74) is 2.41. The Labute approximate surface area is 137 Å². The Kier molecular flexibility index (Phi) is 7.92. The van der Waals surface area contributed by atoms with Crippen LogP contribution in [-0.2, 0) is 24.1 Å². The average Bonchev–Trinajstić information content (AvgIpc) is 2.75. The van der Waals surface area contributed by atoms with Crippen molar-refractivity contribution in [1.82, 2.24) is 15.1 Å². The number of nitrogens with one attached hydrogen (secondary N) is 1. The average molecular weight is 360 g/mol. The van der Waals surface area contributed by atoms with Gasteiger partial charge in [-0.2, -0.15) is 5.10 Å². The Balaban J connectivity index is 3.05. The third-order valence-electron chi connectivity index (χ3n) is 3.90. The molecule has 1 aromatic heterocycles. The molecule has 0 spiro atoms. The van der Waals surface area contributed by atoms with Crippen molar-refractivity contribution in [3.05, 3.63) is 15.9 Å². The van der Waals surface area contributed by atoms with Crippen LogP contribution in [0.15, 0.2) is 4.47 Å². The van der Waals surface area contributed by atoms with Crippen molar-refractivity contribution >= 4 is 15.9 Å². The first kappa shape index (κ1) is 18.7. The number of aromatic nitrogens is 2. The van der Waals surface area contributed by atoms with Gasteiger partial charge in [-0.1, -0.05) is 27.7 Å². The van der Waals surface area contributed by atoms with Crippen molar-refractivity contribution in [3.63, 3.8) is 0 Å². The van der Waals surface area contributed by atoms with Gasteiger partial charge in [-0.05, 0) is 41.7 Å². The normalized spacial score (nSPS) is 14.7.